The van der Waals surface area contributed by atoms with Crippen LogP contribution in [0.15, 0.2) is 29.2 Å². The van der Waals surface area contributed by atoms with Crippen molar-refractivity contribution >= 4 is 11.8 Å². The monoisotopic (exact) mass is 307 g/mol. The molecule has 2 atom stereocenters. The molecule has 0 saturated heterocycles. The van der Waals surface area contributed by atoms with Gasteiger partial charge >= 0.3 is 0 Å². The molecule has 3 heteroatoms. The molecule has 21 heavy (non-hydrogen) atoms. The molecule has 0 spiro atoms. The maximum absolute atomic E-state index is 9.77. The molecule has 1 aliphatic rings. The van der Waals surface area contributed by atoms with Crippen LogP contribution in [0.5, 0.6) is 0 Å². The molecule has 2 unspecified atom stereocenters. The van der Waals surface area contributed by atoms with E-state index in [1.165, 1.54) is 16.9 Å². The van der Waals surface area contributed by atoms with Crippen LogP contribution in [0.25, 0.3) is 0 Å². The van der Waals surface area contributed by atoms with Crippen LogP contribution in [0.4, 0.5) is 0 Å². The van der Waals surface area contributed by atoms with E-state index >= 15 is 0 Å². The number of rotatable bonds is 6. The second-order valence-electron chi connectivity index (χ2n) is 6.94. The highest BCUT2D eigenvalue weighted by molar-refractivity contribution is 8.00. The lowest BCUT2D eigenvalue weighted by atomic mass is 9.98. The number of nitrogens with one attached hydrogen (secondary N) is 1. The highest BCUT2D eigenvalue weighted by atomic mass is 32.2. The Labute approximate surface area is 133 Å². The molecule has 2 nitrogen and oxygen atoms in total. The van der Waals surface area contributed by atoms with E-state index in [-0.39, 0.29) is 12.1 Å². The lowest BCUT2D eigenvalue weighted by molar-refractivity contribution is 0.156. The Kier molecular flexibility index (Phi) is 5.75. The summed E-state index contributed by atoms with van der Waals surface area (Å²) in [6.45, 7) is 9.01. The fourth-order valence-corrected chi connectivity index (χ4v) is 4.55. The molecule has 0 amide bonds. The van der Waals surface area contributed by atoms with Crippen molar-refractivity contribution < 1.29 is 5.11 Å². The number of hydrogen-bond donors (Lipinski definition) is 2. The second-order valence-corrected chi connectivity index (χ2v) is 8.32. The molecule has 0 aliphatic heterocycles. The molecule has 1 fully saturated rings. The summed E-state index contributed by atoms with van der Waals surface area (Å²) in [4.78, 5) is 1.35. The second kappa shape index (κ2) is 7.17. The Hall–Kier alpha value is -0.510. The van der Waals surface area contributed by atoms with Gasteiger partial charge in [0.05, 0.1) is 6.61 Å². The molecule has 0 aromatic heterocycles. The Morgan fingerprint density at radius 3 is 2.43 bits per heavy atom. The zero-order valence-electron chi connectivity index (χ0n) is 13.7. The molecule has 1 aliphatic carbocycles. The standard InChI is InChI=1S/C18H29NOS/c1-13(2)15-5-7-16(8-6-15)21-17-9-10-18(11-17,12-20)19-14(3)4/h5-8,13-14,17,19-20H,9-12H2,1-4H3. The first kappa shape index (κ1) is 16.9. The first-order valence-electron chi connectivity index (χ1n) is 8.09. The van der Waals surface area contributed by atoms with Crippen LogP contribution in [0, 0.1) is 0 Å². The topological polar surface area (TPSA) is 32.3 Å². The maximum atomic E-state index is 9.77. The van der Waals surface area contributed by atoms with Crippen molar-refractivity contribution in [3.63, 3.8) is 0 Å². The van der Waals surface area contributed by atoms with Gasteiger partial charge in [-0.1, -0.05) is 39.8 Å². The lowest BCUT2D eigenvalue weighted by Crippen LogP contribution is -2.49. The smallest absolute Gasteiger partial charge is 0.0613 e. The van der Waals surface area contributed by atoms with Gasteiger partial charge < -0.3 is 10.4 Å². The molecule has 0 bridgehead atoms. The first-order chi connectivity index (χ1) is 9.94. The zero-order chi connectivity index (χ0) is 15.5. The highest BCUT2D eigenvalue weighted by Crippen LogP contribution is 2.40. The number of benzene rings is 1. The van der Waals surface area contributed by atoms with Crippen molar-refractivity contribution in [1.29, 1.82) is 0 Å². The fourth-order valence-electron chi connectivity index (χ4n) is 3.23. The number of thioether (sulfide) groups is 1. The maximum Gasteiger partial charge on any atom is 0.0613 e. The first-order valence-corrected chi connectivity index (χ1v) is 8.97. The molecule has 0 heterocycles. The summed E-state index contributed by atoms with van der Waals surface area (Å²) in [5, 5.41) is 14.0. The van der Waals surface area contributed by atoms with Crippen LogP contribution in [-0.2, 0) is 0 Å². The summed E-state index contributed by atoms with van der Waals surface area (Å²) in [6, 6.07) is 9.40. The van der Waals surface area contributed by atoms with Gasteiger partial charge in [-0.2, -0.15) is 0 Å². The van der Waals surface area contributed by atoms with Gasteiger partial charge in [-0.3, -0.25) is 0 Å². The molecule has 1 aromatic carbocycles. The van der Waals surface area contributed by atoms with E-state index in [0.717, 1.165) is 12.8 Å². The van der Waals surface area contributed by atoms with Gasteiger partial charge in [-0.05, 0) is 42.9 Å². The van der Waals surface area contributed by atoms with E-state index < -0.39 is 0 Å². The van der Waals surface area contributed by atoms with Gasteiger partial charge in [0.25, 0.3) is 0 Å². The molecule has 0 radical (unpaired) electrons. The van der Waals surface area contributed by atoms with Crippen LogP contribution in [-0.4, -0.2) is 28.5 Å². The minimum absolute atomic E-state index is 0.0658. The average Bonchev–Trinajstić information content (AvgIpc) is 2.82. The van der Waals surface area contributed by atoms with Crippen LogP contribution >= 0.6 is 11.8 Å². The summed E-state index contributed by atoms with van der Waals surface area (Å²) in [5.41, 5.74) is 1.33. The quantitative estimate of drug-likeness (QED) is 0.827. The molecule has 2 N–H and O–H groups in total. The predicted molar refractivity (Wildman–Crippen MR) is 92.1 cm³/mol. The lowest BCUT2D eigenvalue weighted by Gasteiger charge is -2.31. The van der Waals surface area contributed by atoms with Crippen LogP contribution in [0.3, 0.4) is 0 Å². The van der Waals surface area contributed by atoms with Gasteiger partial charge in [-0.25, -0.2) is 0 Å². The molecular weight excluding hydrogens is 278 g/mol. The summed E-state index contributed by atoms with van der Waals surface area (Å²) in [7, 11) is 0. The van der Waals surface area contributed by atoms with Crippen molar-refractivity contribution in [2.24, 2.45) is 0 Å². The van der Waals surface area contributed by atoms with Gasteiger partial charge in [0.2, 0.25) is 0 Å². The predicted octanol–water partition coefficient (Wildman–Crippen LogP) is 4.18. The van der Waals surface area contributed by atoms with Gasteiger partial charge in [0.15, 0.2) is 0 Å². The molecular formula is C18H29NOS. The van der Waals surface area contributed by atoms with Crippen LogP contribution in [0.2, 0.25) is 0 Å². The van der Waals surface area contributed by atoms with E-state index in [4.69, 9.17) is 0 Å². The van der Waals surface area contributed by atoms with Crippen molar-refractivity contribution in [3.05, 3.63) is 29.8 Å². The summed E-state index contributed by atoms with van der Waals surface area (Å²) in [5.74, 6) is 0.591. The fraction of sp³-hybridized carbons (Fsp3) is 0.667. The molecule has 1 aromatic rings. The largest absolute Gasteiger partial charge is 0.394 e. The number of aliphatic hydroxyl groups excluding tert-OH is 1. The Morgan fingerprint density at radius 1 is 1.24 bits per heavy atom. The average molecular weight is 308 g/mol. The highest BCUT2D eigenvalue weighted by Gasteiger charge is 2.39. The normalized spacial score (nSPS) is 26.0. The summed E-state index contributed by atoms with van der Waals surface area (Å²) in [6.07, 6.45) is 3.30. The minimum Gasteiger partial charge on any atom is -0.394 e. The van der Waals surface area contributed by atoms with Crippen molar-refractivity contribution in [3.8, 4) is 0 Å². The van der Waals surface area contributed by atoms with E-state index in [0.29, 0.717) is 17.2 Å². The third-order valence-corrected chi connectivity index (χ3v) is 5.59. The third kappa shape index (κ3) is 4.48. The van der Waals surface area contributed by atoms with Crippen LogP contribution < -0.4 is 5.32 Å². The van der Waals surface area contributed by atoms with Gasteiger partial charge in [0, 0.05) is 21.7 Å². The van der Waals surface area contributed by atoms with E-state index in [1.54, 1.807) is 0 Å². The van der Waals surface area contributed by atoms with E-state index in [9.17, 15) is 5.11 Å². The SMILES string of the molecule is CC(C)NC1(CO)CCC(Sc2ccc(C(C)C)cc2)C1. The van der Waals surface area contributed by atoms with Gasteiger partial charge in [0.1, 0.15) is 0 Å². The minimum atomic E-state index is -0.0658. The summed E-state index contributed by atoms with van der Waals surface area (Å²) < 4.78 is 0. The molecule has 1 saturated carbocycles. The zero-order valence-corrected chi connectivity index (χ0v) is 14.5. The molecule has 118 valence electrons. The van der Waals surface area contributed by atoms with Crippen molar-refractivity contribution in [2.75, 3.05) is 6.61 Å². The third-order valence-electron chi connectivity index (χ3n) is 4.31. The number of aliphatic hydroxyl groups is 1. The Bertz CT molecular complexity index is 443. The van der Waals surface area contributed by atoms with Crippen LogP contribution in [0.1, 0.15) is 58.4 Å². The summed E-state index contributed by atoms with van der Waals surface area (Å²) >= 11 is 1.97. The number of hydrogen-bond acceptors (Lipinski definition) is 3. The Balaban J connectivity index is 1.95. The van der Waals surface area contributed by atoms with E-state index in [2.05, 4.69) is 57.3 Å². The Morgan fingerprint density at radius 2 is 1.90 bits per heavy atom. The van der Waals surface area contributed by atoms with Gasteiger partial charge in [-0.15, -0.1) is 11.8 Å². The van der Waals surface area contributed by atoms with E-state index in [1.807, 2.05) is 11.8 Å². The molecule has 2 rings (SSSR count). The van der Waals surface area contributed by atoms with Crippen molar-refractivity contribution in [2.45, 2.75) is 74.6 Å². The van der Waals surface area contributed by atoms with Crippen molar-refractivity contribution in [1.82, 2.24) is 5.32 Å².